The van der Waals surface area contributed by atoms with Gasteiger partial charge in [-0.25, -0.2) is 4.98 Å². The molecule has 0 bridgehead atoms. The summed E-state index contributed by atoms with van der Waals surface area (Å²) in [5.41, 5.74) is 2.08. The predicted octanol–water partition coefficient (Wildman–Crippen LogP) is 2.09. The zero-order valence-electron chi connectivity index (χ0n) is 10.5. The highest BCUT2D eigenvalue weighted by Gasteiger charge is 2.20. The van der Waals surface area contributed by atoms with Gasteiger partial charge in [0, 0.05) is 4.88 Å². The first kappa shape index (κ1) is 12.1. The van der Waals surface area contributed by atoms with E-state index in [-0.39, 0.29) is 6.61 Å². The molecule has 0 aliphatic carbocycles. The van der Waals surface area contributed by atoms with Gasteiger partial charge in [-0.2, -0.15) is 4.68 Å². The van der Waals surface area contributed by atoms with E-state index in [1.807, 2.05) is 19.9 Å². The number of nitrogens with zero attached hydrogens (tertiary/aromatic N) is 4. The van der Waals surface area contributed by atoms with Gasteiger partial charge in [-0.05, 0) is 26.0 Å². The molecule has 7 heteroatoms. The summed E-state index contributed by atoms with van der Waals surface area (Å²) in [5.74, 6) is 0.611. The minimum Gasteiger partial charge on any atom is -0.463 e. The van der Waals surface area contributed by atoms with Crippen LogP contribution in [0, 0.1) is 13.8 Å². The molecule has 0 aliphatic heterocycles. The zero-order valence-corrected chi connectivity index (χ0v) is 11.3. The molecule has 1 N–H and O–H groups in total. The summed E-state index contributed by atoms with van der Waals surface area (Å²) < 4.78 is 6.99. The van der Waals surface area contributed by atoms with Crippen molar-refractivity contribution in [2.24, 2.45) is 0 Å². The van der Waals surface area contributed by atoms with Crippen LogP contribution in [0.15, 0.2) is 22.8 Å². The second kappa shape index (κ2) is 4.60. The third-order valence-corrected chi connectivity index (χ3v) is 3.89. The van der Waals surface area contributed by atoms with E-state index < -0.39 is 0 Å². The lowest BCUT2D eigenvalue weighted by atomic mass is 10.2. The fourth-order valence-electron chi connectivity index (χ4n) is 1.76. The van der Waals surface area contributed by atoms with Crippen LogP contribution in [-0.2, 0) is 6.61 Å². The second-order valence-electron chi connectivity index (χ2n) is 4.07. The highest BCUT2D eigenvalue weighted by molar-refractivity contribution is 7.14. The van der Waals surface area contributed by atoms with E-state index in [2.05, 4.69) is 15.3 Å². The molecule has 0 saturated heterocycles. The summed E-state index contributed by atoms with van der Waals surface area (Å²) in [5, 5.41) is 18.1. The number of hydrogen-bond donors (Lipinski definition) is 1. The van der Waals surface area contributed by atoms with Crippen LogP contribution in [-0.4, -0.2) is 25.1 Å². The van der Waals surface area contributed by atoms with Gasteiger partial charge in [0.25, 0.3) is 0 Å². The van der Waals surface area contributed by atoms with Crippen LogP contribution in [0.3, 0.4) is 0 Å². The monoisotopic (exact) mass is 276 g/mol. The van der Waals surface area contributed by atoms with E-state index in [0.717, 1.165) is 10.6 Å². The highest BCUT2D eigenvalue weighted by Crippen LogP contribution is 2.28. The molecule has 6 nitrogen and oxygen atoms in total. The molecule has 0 spiro atoms. The van der Waals surface area contributed by atoms with Crippen LogP contribution in [0.5, 0.6) is 0 Å². The maximum absolute atomic E-state index is 9.36. The van der Waals surface area contributed by atoms with Crippen LogP contribution in [0.25, 0.3) is 16.6 Å². The van der Waals surface area contributed by atoms with E-state index in [1.165, 1.54) is 11.3 Å². The lowest BCUT2D eigenvalue weighted by molar-refractivity contribution is 0.277. The zero-order chi connectivity index (χ0) is 13.4. The van der Waals surface area contributed by atoms with E-state index in [4.69, 9.17) is 4.42 Å². The number of aliphatic hydroxyl groups is 1. The fraction of sp³-hybridized carbons (Fsp3) is 0.250. The molecule has 19 heavy (non-hydrogen) atoms. The first-order valence-corrected chi connectivity index (χ1v) is 6.56. The lowest BCUT2D eigenvalue weighted by Gasteiger charge is -2.01. The van der Waals surface area contributed by atoms with Gasteiger partial charge in [-0.15, -0.1) is 5.10 Å². The molecule has 0 saturated carbocycles. The normalized spacial score (nSPS) is 11.1. The summed E-state index contributed by atoms with van der Waals surface area (Å²) in [6, 6.07) is 3.59. The van der Waals surface area contributed by atoms with Crippen molar-refractivity contribution in [1.29, 1.82) is 0 Å². The molecule has 0 unspecified atom stereocenters. The van der Waals surface area contributed by atoms with Gasteiger partial charge in [-0.3, -0.25) is 0 Å². The van der Waals surface area contributed by atoms with Crippen LogP contribution in [0.1, 0.15) is 16.3 Å². The van der Waals surface area contributed by atoms with Crippen LogP contribution in [0.2, 0.25) is 0 Å². The smallest absolute Gasteiger partial charge is 0.212 e. The molecule has 0 amide bonds. The average Bonchev–Trinajstić information content (AvgIpc) is 3.09. The van der Waals surface area contributed by atoms with Gasteiger partial charge in [0.2, 0.25) is 5.13 Å². The number of aliphatic hydroxyl groups excluding tert-OH is 1. The number of thiazole rings is 1. The molecule has 0 atom stereocenters. The van der Waals surface area contributed by atoms with Crippen molar-refractivity contribution in [2.75, 3.05) is 0 Å². The van der Waals surface area contributed by atoms with Gasteiger partial charge in [-0.1, -0.05) is 16.6 Å². The Bertz CT molecular complexity index is 680. The van der Waals surface area contributed by atoms with Crippen molar-refractivity contribution >= 4 is 11.3 Å². The maximum Gasteiger partial charge on any atom is 0.212 e. The van der Waals surface area contributed by atoms with Gasteiger partial charge < -0.3 is 9.52 Å². The number of furan rings is 1. The molecule has 3 heterocycles. The first-order chi connectivity index (χ1) is 9.20. The molecule has 0 aliphatic rings. The number of aromatic nitrogens is 4. The summed E-state index contributed by atoms with van der Waals surface area (Å²) >= 11 is 1.53. The van der Waals surface area contributed by atoms with Crippen LogP contribution in [0.4, 0.5) is 0 Å². The Hall–Kier alpha value is -1.99. The Morgan fingerprint density at radius 3 is 2.84 bits per heavy atom. The molecular weight excluding hydrogens is 264 g/mol. The quantitative estimate of drug-likeness (QED) is 0.792. The van der Waals surface area contributed by atoms with E-state index >= 15 is 0 Å². The number of hydrogen-bond acceptors (Lipinski definition) is 6. The fourth-order valence-corrected chi connectivity index (χ4v) is 2.62. The molecule has 0 fully saturated rings. The van der Waals surface area contributed by atoms with E-state index in [9.17, 15) is 5.11 Å². The Morgan fingerprint density at radius 2 is 2.26 bits per heavy atom. The summed E-state index contributed by atoms with van der Waals surface area (Å²) in [6.45, 7) is 3.76. The Labute approximate surface area is 113 Å². The lowest BCUT2D eigenvalue weighted by Crippen LogP contribution is -1.99. The van der Waals surface area contributed by atoms with Gasteiger partial charge >= 0.3 is 0 Å². The van der Waals surface area contributed by atoms with Crippen LogP contribution < -0.4 is 0 Å². The molecule has 98 valence electrons. The first-order valence-electron chi connectivity index (χ1n) is 5.74. The second-order valence-corrected chi connectivity index (χ2v) is 5.25. The number of rotatable bonds is 3. The van der Waals surface area contributed by atoms with Crippen LogP contribution >= 0.6 is 11.3 Å². The van der Waals surface area contributed by atoms with Crippen molar-refractivity contribution in [3.05, 3.63) is 34.7 Å². The van der Waals surface area contributed by atoms with Gasteiger partial charge in [0.15, 0.2) is 5.76 Å². The predicted molar refractivity (Wildman–Crippen MR) is 70.1 cm³/mol. The highest BCUT2D eigenvalue weighted by atomic mass is 32.1. The Morgan fingerprint density at radius 1 is 1.42 bits per heavy atom. The minimum absolute atomic E-state index is 0.195. The van der Waals surface area contributed by atoms with Crippen molar-refractivity contribution in [3.8, 4) is 16.6 Å². The largest absolute Gasteiger partial charge is 0.463 e. The minimum atomic E-state index is -0.195. The van der Waals surface area contributed by atoms with Crippen molar-refractivity contribution < 1.29 is 9.52 Å². The summed E-state index contributed by atoms with van der Waals surface area (Å²) in [4.78, 5) is 5.58. The molecule has 3 aromatic rings. The van der Waals surface area contributed by atoms with E-state index in [0.29, 0.717) is 22.3 Å². The SMILES string of the molecule is Cc1nc(-n2nnc(CO)c2-c2ccco2)sc1C. The Balaban J connectivity index is 2.19. The molecule has 3 rings (SSSR count). The average molecular weight is 276 g/mol. The van der Waals surface area contributed by atoms with Crippen molar-refractivity contribution in [1.82, 2.24) is 20.0 Å². The maximum atomic E-state index is 9.36. The molecular formula is C12H12N4O2S. The third kappa shape index (κ3) is 1.96. The summed E-state index contributed by atoms with van der Waals surface area (Å²) in [6.07, 6.45) is 1.58. The topological polar surface area (TPSA) is 77.0 Å². The van der Waals surface area contributed by atoms with Gasteiger partial charge in [0.1, 0.15) is 11.4 Å². The summed E-state index contributed by atoms with van der Waals surface area (Å²) in [7, 11) is 0. The molecule has 0 radical (unpaired) electrons. The van der Waals surface area contributed by atoms with E-state index in [1.54, 1.807) is 17.0 Å². The number of aryl methyl sites for hydroxylation is 2. The van der Waals surface area contributed by atoms with Crippen molar-refractivity contribution in [3.63, 3.8) is 0 Å². The standard InChI is InChI=1S/C12H12N4O2S/c1-7-8(2)19-12(13-7)16-11(9(6-17)14-15-16)10-4-3-5-18-10/h3-5,17H,6H2,1-2H3. The molecule has 3 aromatic heterocycles. The third-order valence-electron chi connectivity index (χ3n) is 2.84. The van der Waals surface area contributed by atoms with Gasteiger partial charge in [0.05, 0.1) is 18.6 Å². The molecule has 0 aromatic carbocycles. The Kier molecular flexibility index (Phi) is 2.92. The van der Waals surface area contributed by atoms with Crippen molar-refractivity contribution in [2.45, 2.75) is 20.5 Å².